The lowest BCUT2D eigenvalue weighted by atomic mass is 10.1. The Morgan fingerprint density at radius 1 is 1.58 bits per heavy atom. The second kappa shape index (κ2) is 3.54. The molecule has 0 saturated heterocycles. The lowest BCUT2D eigenvalue weighted by Crippen LogP contribution is -2.07. The normalized spacial score (nSPS) is 12.9. The summed E-state index contributed by atoms with van der Waals surface area (Å²) in [5, 5.41) is 9.24. The molecule has 1 unspecified atom stereocenters. The summed E-state index contributed by atoms with van der Waals surface area (Å²) in [5.41, 5.74) is 6.31. The molecule has 1 aromatic rings. The second-order valence-corrected chi connectivity index (χ2v) is 2.75. The molecule has 0 aliphatic carbocycles. The van der Waals surface area contributed by atoms with Gasteiger partial charge in [0, 0.05) is 6.54 Å². The third-order valence-electron chi connectivity index (χ3n) is 1.80. The summed E-state index contributed by atoms with van der Waals surface area (Å²) in [4.78, 5) is 0. The van der Waals surface area contributed by atoms with Crippen molar-refractivity contribution in [3.05, 3.63) is 29.3 Å². The highest BCUT2D eigenvalue weighted by Gasteiger charge is 2.08. The van der Waals surface area contributed by atoms with Crippen LogP contribution in [0.3, 0.4) is 0 Å². The van der Waals surface area contributed by atoms with Crippen molar-refractivity contribution in [2.24, 2.45) is 5.73 Å². The van der Waals surface area contributed by atoms with Gasteiger partial charge in [0.2, 0.25) is 0 Å². The first-order valence-corrected chi connectivity index (χ1v) is 3.79. The highest BCUT2D eigenvalue weighted by molar-refractivity contribution is 5.36. The Bertz CT molecular complexity index is 275. The minimum atomic E-state index is -1.18. The highest BCUT2D eigenvalue weighted by atomic mass is 19.1. The van der Waals surface area contributed by atoms with Crippen LogP contribution >= 0.6 is 0 Å². The van der Waals surface area contributed by atoms with Crippen LogP contribution in [0.15, 0.2) is 18.2 Å². The van der Waals surface area contributed by atoms with Crippen LogP contribution in [0.1, 0.15) is 17.3 Å². The summed E-state index contributed by atoms with van der Waals surface area (Å²) in [7, 11) is 0. The lowest BCUT2D eigenvalue weighted by Gasteiger charge is -2.06. The number of phenols is 1. The number of alkyl halides is 1. The van der Waals surface area contributed by atoms with E-state index in [2.05, 4.69) is 0 Å². The molecule has 0 aliphatic rings. The Morgan fingerprint density at radius 2 is 2.25 bits per heavy atom. The average molecular weight is 169 g/mol. The molecule has 0 spiro atoms. The van der Waals surface area contributed by atoms with Gasteiger partial charge < -0.3 is 10.8 Å². The van der Waals surface area contributed by atoms with E-state index in [0.717, 1.165) is 5.56 Å². The molecule has 0 aliphatic heterocycles. The minimum Gasteiger partial charge on any atom is -0.508 e. The molecule has 0 fully saturated rings. The van der Waals surface area contributed by atoms with Crippen molar-refractivity contribution >= 4 is 0 Å². The van der Waals surface area contributed by atoms with E-state index in [1.807, 2.05) is 0 Å². The summed E-state index contributed by atoms with van der Waals surface area (Å²) < 4.78 is 12.9. The second-order valence-electron chi connectivity index (χ2n) is 2.75. The molecule has 0 heterocycles. The number of benzene rings is 1. The Kier molecular flexibility index (Phi) is 2.65. The van der Waals surface area contributed by atoms with Gasteiger partial charge in [0.15, 0.2) is 0 Å². The summed E-state index contributed by atoms with van der Waals surface area (Å²) in [6.07, 6.45) is -1.18. The first-order valence-electron chi connectivity index (χ1n) is 3.79. The van der Waals surface area contributed by atoms with Crippen LogP contribution in [-0.4, -0.2) is 11.7 Å². The van der Waals surface area contributed by atoms with Crippen LogP contribution in [0.25, 0.3) is 0 Å². The van der Waals surface area contributed by atoms with Gasteiger partial charge in [-0.1, -0.05) is 12.1 Å². The standard InChI is InChI=1S/C9H12FNO/c1-6-2-3-7(4-9(6)12)8(10)5-11/h2-4,8,12H,5,11H2,1H3. The third kappa shape index (κ3) is 1.74. The SMILES string of the molecule is Cc1ccc(C(F)CN)cc1O. The molecule has 1 rings (SSSR count). The highest BCUT2D eigenvalue weighted by Crippen LogP contribution is 2.23. The number of phenolic OH excluding ortho intramolecular Hbond substituents is 1. The number of nitrogens with two attached hydrogens (primary N) is 1. The minimum absolute atomic E-state index is 0.0531. The quantitative estimate of drug-likeness (QED) is 0.707. The number of aromatic hydroxyl groups is 1. The topological polar surface area (TPSA) is 46.2 Å². The molecule has 0 aromatic heterocycles. The Balaban J connectivity index is 2.96. The summed E-state index contributed by atoms with van der Waals surface area (Å²) >= 11 is 0. The van der Waals surface area contributed by atoms with E-state index in [9.17, 15) is 9.50 Å². The molecule has 66 valence electrons. The average Bonchev–Trinajstić information content (AvgIpc) is 2.08. The van der Waals surface area contributed by atoms with Crippen molar-refractivity contribution in [1.29, 1.82) is 0 Å². The molecule has 3 heteroatoms. The van der Waals surface area contributed by atoms with E-state index in [-0.39, 0.29) is 12.3 Å². The maximum Gasteiger partial charge on any atom is 0.137 e. The van der Waals surface area contributed by atoms with Gasteiger partial charge in [0.05, 0.1) is 0 Å². The van der Waals surface area contributed by atoms with Crippen LogP contribution in [0.2, 0.25) is 0 Å². The van der Waals surface area contributed by atoms with E-state index >= 15 is 0 Å². The molecule has 0 amide bonds. The van der Waals surface area contributed by atoms with Gasteiger partial charge in [0.25, 0.3) is 0 Å². The van der Waals surface area contributed by atoms with Crippen molar-refractivity contribution in [2.45, 2.75) is 13.1 Å². The fourth-order valence-electron chi connectivity index (χ4n) is 0.957. The molecule has 12 heavy (non-hydrogen) atoms. The fourth-order valence-corrected chi connectivity index (χ4v) is 0.957. The van der Waals surface area contributed by atoms with E-state index in [1.165, 1.54) is 6.07 Å². The maximum absolute atomic E-state index is 12.9. The zero-order valence-corrected chi connectivity index (χ0v) is 6.92. The molecular formula is C9H12FNO. The molecule has 0 bridgehead atoms. The third-order valence-corrected chi connectivity index (χ3v) is 1.80. The zero-order chi connectivity index (χ0) is 9.14. The van der Waals surface area contributed by atoms with E-state index in [4.69, 9.17) is 5.73 Å². The van der Waals surface area contributed by atoms with E-state index in [0.29, 0.717) is 5.56 Å². The van der Waals surface area contributed by atoms with Crippen molar-refractivity contribution in [3.63, 3.8) is 0 Å². The predicted octanol–water partition coefficient (Wildman–Crippen LogP) is 1.67. The van der Waals surface area contributed by atoms with Crippen LogP contribution in [-0.2, 0) is 0 Å². The number of rotatable bonds is 2. The van der Waals surface area contributed by atoms with Crippen LogP contribution in [0.5, 0.6) is 5.75 Å². The lowest BCUT2D eigenvalue weighted by molar-refractivity contribution is 0.351. The van der Waals surface area contributed by atoms with Crippen molar-refractivity contribution in [3.8, 4) is 5.75 Å². The Labute approximate surface area is 70.8 Å². The van der Waals surface area contributed by atoms with Gasteiger partial charge in [-0.2, -0.15) is 0 Å². The number of hydrogen-bond donors (Lipinski definition) is 2. The molecule has 1 atom stereocenters. The number of halogens is 1. The molecular weight excluding hydrogens is 157 g/mol. The maximum atomic E-state index is 12.9. The van der Waals surface area contributed by atoms with Gasteiger partial charge in [-0.15, -0.1) is 0 Å². The van der Waals surface area contributed by atoms with E-state index in [1.54, 1.807) is 19.1 Å². The largest absolute Gasteiger partial charge is 0.508 e. The van der Waals surface area contributed by atoms with Gasteiger partial charge in [-0.05, 0) is 24.1 Å². The Hall–Kier alpha value is -1.09. The van der Waals surface area contributed by atoms with E-state index < -0.39 is 6.17 Å². The molecule has 2 nitrogen and oxygen atoms in total. The van der Waals surface area contributed by atoms with Gasteiger partial charge in [-0.25, -0.2) is 4.39 Å². The number of aryl methyl sites for hydroxylation is 1. The fraction of sp³-hybridized carbons (Fsp3) is 0.333. The monoisotopic (exact) mass is 169 g/mol. The van der Waals surface area contributed by atoms with Crippen molar-refractivity contribution in [1.82, 2.24) is 0 Å². The summed E-state index contributed by atoms with van der Waals surface area (Å²) in [6, 6.07) is 4.71. The molecule has 3 N–H and O–H groups in total. The van der Waals surface area contributed by atoms with Crippen molar-refractivity contribution < 1.29 is 9.50 Å². The number of hydrogen-bond acceptors (Lipinski definition) is 2. The van der Waals surface area contributed by atoms with Crippen LogP contribution in [0, 0.1) is 6.92 Å². The molecule has 0 radical (unpaired) electrons. The molecule has 1 aromatic carbocycles. The van der Waals surface area contributed by atoms with Gasteiger partial charge in [0.1, 0.15) is 11.9 Å². The first-order chi connectivity index (χ1) is 5.65. The first kappa shape index (κ1) is 9.00. The predicted molar refractivity (Wildman–Crippen MR) is 45.7 cm³/mol. The van der Waals surface area contributed by atoms with Gasteiger partial charge in [-0.3, -0.25) is 0 Å². The Morgan fingerprint density at radius 3 is 2.75 bits per heavy atom. The zero-order valence-electron chi connectivity index (χ0n) is 6.92. The summed E-state index contributed by atoms with van der Waals surface area (Å²) in [6.45, 7) is 1.71. The van der Waals surface area contributed by atoms with Crippen LogP contribution < -0.4 is 5.73 Å². The smallest absolute Gasteiger partial charge is 0.137 e. The van der Waals surface area contributed by atoms with Crippen molar-refractivity contribution in [2.75, 3.05) is 6.54 Å². The summed E-state index contributed by atoms with van der Waals surface area (Å²) in [5.74, 6) is 0.114. The van der Waals surface area contributed by atoms with Gasteiger partial charge >= 0.3 is 0 Å². The van der Waals surface area contributed by atoms with Crippen LogP contribution in [0.4, 0.5) is 4.39 Å². The molecule has 0 saturated carbocycles.